The third-order valence-corrected chi connectivity index (χ3v) is 5.20. The van der Waals surface area contributed by atoms with Crippen LogP contribution < -0.4 is 14.8 Å². The average Bonchev–Trinajstić information content (AvgIpc) is 2.83. The van der Waals surface area contributed by atoms with Crippen LogP contribution in [0.3, 0.4) is 0 Å². The van der Waals surface area contributed by atoms with Crippen molar-refractivity contribution in [3.63, 3.8) is 0 Å². The number of carbonyl (C=O) groups is 1. The molecule has 0 saturated heterocycles. The molecule has 2 heterocycles. The lowest BCUT2D eigenvalue weighted by Gasteiger charge is -2.17. The molecule has 2 aromatic rings. The Kier molecular flexibility index (Phi) is 4.57. The number of hydrogen-bond acceptors (Lipinski definition) is 4. The molecule has 0 spiro atoms. The van der Waals surface area contributed by atoms with Gasteiger partial charge in [-0.3, -0.25) is 9.48 Å². The molecule has 1 aromatic carbocycles. The Morgan fingerprint density at radius 2 is 1.92 bits per heavy atom. The first-order valence-corrected chi connectivity index (χ1v) is 9.38. The fourth-order valence-electron chi connectivity index (χ4n) is 3.75. The molecule has 1 amide bonds. The SMILES string of the molecule is C[C@H](NC(=O)c1nn(C)c2c1CCCC2)c1ccc2c(c1)OCCCO2. The monoisotopic (exact) mass is 355 g/mol. The minimum Gasteiger partial charge on any atom is -0.490 e. The van der Waals surface area contributed by atoms with Crippen molar-refractivity contribution in [2.45, 2.75) is 45.1 Å². The first-order valence-electron chi connectivity index (χ1n) is 9.38. The van der Waals surface area contributed by atoms with Gasteiger partial charge in [0.2, 0.25) is 0 Å². The van der Waals surface area contributed by atoms with Gasteiger partial charge < -0.3 is 14.8 Å². The summed E-state index contributed by atoms with van der Waals surface area (Å²) in [4.78, 5) is 12.8. The fourth-order valence-corrected chi connectivity index (χ4v) is 3.75. The maximum atomic E-state index is 12.8. The molecule has 1 N–H and O–H groups in total. The first kappa shape index (κ1) is 16.9. The number of aromatic nitrogens is 2. The molecule has 1 atom stereocenters. The number of rotatable bonds is 3. The van der Waals surface area contributed by atoms with E-state index in [0.717, 1.165) is 48.3 Å². The maximum Gasteiger partial charge on any atom is 0.272 e. The van der Waals surface area contributed by atoms with E-state index in [1.54, 1.807) is 0 Å². The van der Waals surface area contributed by atoms with Crippen LogP contribution in [0, 0.1) is 0 Å². The van der Waals surface area contributed by atoms with E-state index in [2.05, 4.69) is 10.4 Å². The highest BCUT2D eigenvalue weighted by Crippen LogP contribution is 2.32. The van der Waals surface area contributed by atoms with Gasteiger partial charge in [0, 0.05) is 24.7 Å². The number of amides is 1. The maximum absolute atomic E-state index is 12.8. The van der Waals surface area contributed by atoms with Crippen LogP contribution in [0.4, 0.5) is 0 Å². The molecule has 1 aromatic heterocycles. The number of hydrogen-bond donors (Lipinski definition) is 1. The van der Waals surface area contributed by atoms with Gasteiger partial charge in [-0.15, -0.1) is 0 Å². The molecule has 0 radical (unpaired) electrons. The second-order valence-electron chi connectivity index (χ2n) is 7.06. The van der Waals surface area contributed by atoms with Crippen molar-refractivity contribution in [3.05, 3.63) is 40.7 Å². The molecule has 6 nitrogen and oxygen atoms in total. The molecule has 138 valence electrons. The predicted octanol–water partition coefficient (Wildman–Crippen LogP) is 2.95. The molecule has 4 rings (SSSR count). The van der Waals surface area contributed by atoms with Crippen LogP contribution in [0.15, 0.2) is 18.2 Å². The molecular formula is C20H25N3O3. The minimum atomic E-state index is -0.138. The van der Waals surface area contributed by atoms with Gasteiger partial charge in [0.05, 0.1) is 19.3 Å². The summed E-state index contributed by atoms with van der Waals surface area (Å²) >= 11 is 0. The topological polar surface area (TPSA) is 65.4 Å². The van der Waals surface area contributed by atoms with Crippen molar-refractivity contribution >= 4 is 5.91 Å². The van der Waals surface area contributed by atoms with Gasteiger partial charge in [0.1, 0.15) is 0 Å². The Labute approximate surface area is 153 Å². The molecule has 1 aliphatic carbocycles. The Bertz CT molecular complexity index is 828. The normalized spacial score (nSPS) is 17.2. The highest BCUT2D eigenvalue weighted by molar-refractivity contribution is 5.94. The molecule has 2 aliphatic rings. The highest BCUT2D eigenvalue weighted by atomic mass is 16.5. The number of nitrogens with zero attached hydrogens (tertiary/aromatic N) is 2. The Balaban J connectivity index is 1.52. The van der Waals surface area contributed by atoms with Gasteiger partial charge in [-0.2, -0.15) is 5.10 Å². The third-order valence-electron chi connectivity index (χ3n) is 5.20. The van der Waals surface area contributed by atoms with Crippen LogP contribution in [0.5, 0.6) is 11.5 Å². The van der Waals surface area contributed by atoms with Crippen molar-refractivity contribution < 1.29 is 14.3 Å². The number of ether oxygens (including phenoxy) is 2. The molecule has 0 unspecified atom stereocenters. The molecule has 0 fully saturated rings. The van der Waals surface area contributed by atoms with E-state index in [0.29, 0.717) is 18.9 Å². The number of aryl methyl sites for hydroxylation is 1. The van der Waals surface area contributed by atoms with Crippen LogP contribution in [-0.2, 0) is 19.9 Å². The number of benzene rings is 1. The second kappa shape index (κ2) is 7.02. The van der Waals surface area contributed by atoms with E-state index in [1.807, 2.05) is 36.9 Å². The first-order chi connectivity index (χ1) is 12.6. The van der Waals surface area contributed by atoms with Gasteiger partial charge in [-0.05, 0) is 50.3 Å². The van der Waals surface area contributed by atoms with Crippen LogP contribution in [0.25, 0.3) is 0 Å². The summed E-state index contributed by atoms with van der Waals surface area (Å²) in [7, 11) is 1.92. The van der Waals surface area contributed by atoms with Crippen molar-refractivity contribution in [2.75, 3.05) is 13.2 Å². The molecule has 26 heavy (non-hydrogen) atoms. The van der Waals surface area contributed by atoms with Gasteiger partial charge in [0.25, 0.3) is 5.91 Å². The summed E-state index contributed by atoms with van der Waals surface area (Å²) < 4.78 is 13.3. The Morgan fingerprint density at radius 3 is 2.77 bits per heavy atom. The summed E-state index contributed by atoms with van der Waals surface area (Å²) in [5.41, 5.74) is 3.88. The predicted molar refractivity (Wildman–Crippen MR) is 97.8 cm³/mol. The zero-order valence-corrected chi connectivity index (χ0v) is 15.4. The third kappa shape index (κ3) is 3.16. The van der Waals surface area contributed by atoms with E-state index < -0.39 is 0 Å². The lowest BCUT2D eigenvalue weighted by Crippen LogP contribution is -2.28. The standard InChI is InChI=1S/C20H25N3O3/c1-13(14-8-9-17-18(12-14)26-11-5-10-25-17)21-20(24)19-15-6-3-4-7-16(15)23(2)22-19/h8-9,12-13H,3-7,10-11H2,1-2H3,(H,21,24)/t13-/m0/s1. The number of carbonyl (C=O) groups excluding carboxylic acids is 1. The van der Waals surface area contributed by atoms with Crippen LogP contribution in [0.2, 0.25) is 0 Å². The van der Waals surface area contributed by atoms with Crippen LogP contribution in [0.1, 0.15) is 59.5 Å². The Hall–Kier alpha value is -2.50. The summed E-state index contributed by atoms with van der Waals surface area (Å²) in [6, 6.07) is 5.72. The van der Waals surface area contributed by atoms with Crippen LogP contribution in [-0.4, -0.2) is 28.9 Å². The average molecular weight is 355 g/mol. The summed E-state index contributed by atoms with van der Waals surface area (Å²) in [6.45, 7) is 3.30. The van der Waals surface area contributed by atoms with E-state index in [4.69, 9.17) is 9.47 Å². The minimum absolute atomic E-state index is 0.108. The van der Waals surface area contributed by atoms with E-state index in [-0.39, 0.29) is 11.9 Å². The van der Waals surface area contributed by atoms with Gasteiger partial charge in [-0.1, -0.05) is 6.07 Å². The van der Waals surface area contributed by atoms with Crippen molar-refractivity contribution in [3.8, 4) is 11.5 Å². The fraction of sp³-hybridized carbons (Fsp3) is 0.500. The zero-order valence-electron chi connectivity index (χ0n) is 15.4. The zero-order chi connectivity index (χ0) is 18.1. The summed E-state index contributed by atoms with van der Waals surface area (Å²) in [5, 5.41) is 7.57. The molecule has 0 saturated carbocycles. The van der Waals surface area contributed by atoms with Gasteiger partial charge >= 0.3 is 0 Å². The van der Waals surface area contributed by atoms with E-state index in [1.165, 1.54) is 12.1 Å². The quantitative estimate of drug-likeness (QED) is 0.919. The lowest BCUT2D eigenvalue weighted by molar-refractivity contribution is 0.0933. The van der Waals surface area contributed by atoms with Crippen molar-refractivity contribution in [2.24, 2.45) is 7.05 Å². The van der Waals surface area contributed by atoms with E-state index >= 15 is 0 Å². The highest BCUT2D eigenvalue weighted by Gasteiger charge is 2.25. The Morgan fingerprint density at radius 1 is 1.15 bits per heavy atom. The largest absolute Gasteiger partial charge is 0.490 e. The molecule has 0 bridgehead atoms. The van der Waals surface area contributed by atoms with Crippen LogP contribution >= 0.6 is 0 Å². The lowest BCUT2D eigenvalue weighted by atomic mass is 9.95. The van der Waals surface area contributed by atoms with Crippen molar-refractivity contribution in [1.82, 2.24) is 15.1 Å². The number of fused-ring (bicyclic) bond motifs is 2. The van der Waals surface area contributed by atoms with E-state index in [9.17, 15) is 4.79 Å². The number of nitrogens with one attached hydrogen (secondary N) is 1. The van der Waals surface area contributed by atoms with Gasteiger partial charge in [0.15, 0.2) is 17.2 Å². The molecular weight excluding hydrogens is 330 g/mol. The molecule has 6 heteroatoms. The van der Waals surface area contributed by atoms with Crippen molar-refractivity contribution in [1.29, 1.82) is 0 Å². The smallest absolute Gasteiger partial charge is 0.272 e. The summed E-state index contributed by atoms with van der Waals surface area (Å²) in [5.74, 6) is 1.41. The summed E-state index contributed by atoms with van der Waals surface area (Å²) in [6.07, 6.45) is 5.10. The van der Waals surface area contributed by atoms with Gasteiger partial charge in [-0.25, -0.2) is 0 Å². The second-order valence-corrected chi connectivity index (χ2v) is 7.06. The molecule has 1 aliphatic heterocycles.